The molecule has 3 heteroatoms. The molecule has 0 aromatic carbocycles. The Balaban J connectivity index is 1.59. The van der Waals surface area contributed by atoms with Crippen molar-refractivity contribution in [2.75, 3.05) is 18.5 Å². The van der Waals surface area contributed by atoms with Crippen molar-refractivity contribution in [2.24, 2.45) is 5.92 Å². The quantitative estimate of drug-likeness (QED) is 0.813. The Labute approximate surface area is 103 Å². The molecule has 2 fully saturated rings. The first-order chi connectivity index (χ1) is 8.31. The highest BCUT2D eigenvalue weighted by Gasteiger charge is 2.23. The molecule has 2 aliphatic rings. The first kappa shape index (κ1) is 11.0. The fraction of sp³-hybridized carbons (Fsp3) is 0.643. The third-order valence-electron chi connectivity index (χ3n) is 3.60. The minimum absolute atomic E-state index is 0.774. The molecule has 2 aliphatic carbocycles. The van der Waals surface area contributed by atoms with Gasteiger partial charge in [0.1, 0.15) is 5.82 Å². The van der Waals surface area contributed by atoms with Gasteiger partial charge in [-0.3, -0.25) is 0 Å². The van der Waals surface area contributed by atoms with E-state index < -0.39 is 0 Å². The minimum atomic E-state index is 0.774. The number of rotatable bonds is 6. The predicted octanol–water partition coefficient (Wildman–Crippen LogP) is 2.18. The summed E-state index contributed by atoms with van der Waals surface area (Å²) in [5.74, 6) is 2.03. The average molecular weight is 231 g/mol. The smallest absolute Gasteiger partial charge is 0.128 e. The van der Waals surface area contributed by atoms with Gasteiger partial charge in [0.05, 0.1) is 0 Å². The Kier molecular flexibility index (Phi) is 3.02. The van der Waals surface area contributed by atoms with Gasteiger partial charge in [-0.15, -0.1) is 0 Å². The monoisotopic (exact) mass is 231 g/mol. The molecule has 17 heavy (non-hydrogen) atoms. The molecule has 2 saturated carbocycles. The Morgan fingerprint density at radius 1 is 1.35 bits per heavy atom. The normalized spacial score (nSPS) is 19.4. The van der Waals surface area contributed by atoms with Crippen LogP contribution in [0, 0.1) is 5.92 Å². The van der Waals surface area contributed by atoms with Gasteiger partial charge in [-0.05, 0) is 49.3 Å². The molecule has 3 nitrogen and oxygen atoms in total. The zero-order valence-electron chi connectivity index (χ0n) is 10.5. The van der Waals surface area contributed by atoms with Crippen LogP contribution in [-0.4, -0.2) is 24.6 Å². The van der Waals surface area contributed by atoms with Crippen molar-refractivity contribution in [1.29, 1.82) is 0 Å². The number of nitrogens with one attached hydrogen (secondary N) is 1. The molecular formula is C14H21N3. The van der Waals surface area contributed by atoms with Gasteiger partial charge < -0.3 is 10.2 Å². The molecule has 0 radical (unpaired) electrons. The molecule has 0 atom stereocenters. The zero-order chi connectivity index (χ0) is 11.7. The summed E-state index contributed by atoms with van der Waals surface area (Å²) in [6.45, 7) is 2.14. The van der Waals surface area contributed by atoms with E-state index in [1.54, 1.807) is 0 Å². The number of hydrogen-bond donors (Lipinski definition) is 1. The van der Waals surface area contributed by atoms with Crippen molar-refractivity contribution < 1.29 is 0 Å². The maximum atomic E-state index is 4.46. The van der Waals surface area contributed by atoms with Gasteiger partial charge in [0.25, 0.3) is 0 Å². The van der Waals surface area contributed by atoms with Crippen molar-refractivity contribution in [2.45, 2.75) is 38.3 Å². The lowest BCUT2D eigenvalue weighted by Gasteiger charge is -2.18. The van der Waals surface area contributed by atoms with E-state index in [1.807, 2.05) is 6.20 Å². The number of nitrogens with zero attached hydrogens (tertiary/aromatic N) is 2. The Bertz CT molecular complexity index is 383. The summed E-state index contributed by atoms with van der Waals surface area (Å²) in [6, 6.07) is 5.11. The van der Waals surface area contributed by atoms with E-state index in [4.69, 9.17) is 0 Å². The first-order valence-corrected chi connectivity index (χ1v) is 6.71. The van der Waals surface area contributed by atoms with Gasteiger partial charge in [0.2, 0.25) is 0 Å². The van der Waals surface area contributed by atoms with E-state index in [0.29, 0.717) is 0 Å². The van der Waals surface area contributed by atoms with E-state index in [-0.39, 0.29) is 0 Å². The van der Waals surface area contributed by atoms with E-state index in [0.717, 1.165) is 30.9 Å². The number of hydrogen-bond acceptors (Lipinski definition) is 3. The molecular weight excluding hydrogens is 210 g/mol. The number of aromatic nitrogens is 1. The van der Waals surface area contributed by atoms with Crippen LogP contribution < -0.4 is 10.2 Å². The predicted molar refractivity (Wildman–Crippen MR) is 70.1 cm³/mol. The molecule has 0 unspecified atom stereocenters. The highest BCUT2D eigenvalue weighted by Crippen LogP contribution is 2.30. The highest BCUT2D eigenvalue weighted by atomic mass is 15.2. The summed E-state index contributed by atoms with van der Waals surface area (Å²) in [5.41, 5.74) is 1.35. The second-order valence-corrected chi connectivity index (χ2v) is 5.50. The maximum Gasteiger partial charge on any atom is 0.128 e. The number of pyridine rings is 1. The standard InChI is InChI=1S/C14H21N3/c1-17(10-11-2-3-11)14-8-12(6-7-15-14)9-16-13-4-5-13/h6-8,11,13,16H,2-5,9-10H2,1H3. The molecule has 1 aromatic heterocycles. The average Bonchev–Trinajstić information content (AvgIpc) is 3.21. The van der Waals surface area contributed by atoms with Gasteiger partial charge in [-0.1, -0.05) is 0 Å². The van der Waals surface area contributed by atoms with Crippen LogP contribution >= 0.6 is 0 Å². The van der Waals surface area contributed by atoms with Crippen molar-refractivity contribution in [3.05, 3.63) is 23.9 Å². The van der Waals surface area contributed by atoms with Crippen molar-refractivity contribution in [3.8, 4) is 0 Å². The Hall–Kier alpha value is -1.09. The minimum Gasteiger partial charge on any atom is -0.359 e. The Morgan fingerprint density at radius 2 is 2.18 bits per heavy atom. The molecule has 0 spiro atoms. The lowest BCUT2D eigenvalue weighted by atomic mass is 10.2. The third-order valence-corrected chi connectivity index (χ3v) is 3.60. The van der Waals surface area contributed by atoms with Gasteiger partial charge in [0, 0.05) is 32.4 Å². The topological polar surface area (TPSA) is 28.2 Å². The highest BCUT2D eigenvalue weighted by molar-refractivity contribution is 5.40. The first-order valence-electron chi connectivity index (χ1n) is 6.71. The van der Waals surface area contributed by atoms with Gasteiger partial charge >= 0.3 is 0 Å². The summed E-state index contributed by atoms with van der Waals surface area (Å²) >= 11 is 0. The second-order valence-electron chi connectivity index (χ2n) is 5.50. The molecule has 0 saturated heterocycles. The zero-order valence-corrected chi connectivity index (χ0v) is 10.5. The summed E-state index contributed by atoms with van der Waals surface area (Å²) in [4.78, 5) is 6.75. The van der Waals surface area contributed by atoms with E-state index in [1.165, 1.54) is 31.2 Å². The molecule has 0 amide bonds. The summed E-state index contributed by atoms with van der Waals surface area (Å²) in [6.07, 6.45) is 7.42. The summed E-state index contributed by atoms with van der Waals surface area (Å²) < 4.78 is 0. The van der Waals surface area contributed by atoms with Crippen LogP contribution in [0.25, 0.3) is 0 Å². The van der Waals surface area contributed by atoms with Crippen LogP contribution in [0.2, 0.25) is 0 Å². The molecule has 1 aromatic rings. The van der Waals surface area contributed by atoms with Crippen molar-refractivity contribution in [3.63, 3.8) is 0 Å². The molecule has 1 N–H and O–H groups in total. The fourth-order valence-electron chi connectivity index (χ4n) is 2.11. The van der Waals surface area contributed by atoms with Crippen LogP contribution in [0.5, 0.6) is 0 Å². The molecule has 1 heterocycles. The summed E-state index contributed by atoms with van der Waals surface area (Å²) in [5, 5.41) is 3.55. The van der Waals surface area contributed by atoms with Crippen molar-refractivity contribution >= 4 is 5.82 Å². The van der Waals surface area contributed by atoms with Crippen LogP contribution in [-0.2, 0) is 6.54 Å². The lowest BCUT2D eigenvalue weighted by Crippen LogP contribution is -2.21. The van der Waals surface area contributed by atoms with Crippen molar-refractivity contribution in [1.82, 2.24) is 10.3 Å². The van der Waals surface area contributed by atoms with Gasteiger partial charge in [-0.25, -0.2) is 4.98 Å². The van der Waals surface area contributed by atoms with Crippen LogP contribution in [0.15, 0.2) is 18.3 Å². The molecule has 0 aliphatic heterocycles. The largest absolute Gasteiger partial charge is 0.359 e. The number of anilines is 1. The molecule has 3 rings (SSSR count). The van der Waals surface area contributed by atoms with E-state index in [9.17, 15) is 0 Å². The van der Waals surface area contributed by atoms with Gasteiger partial charge in [0.15, 0.2) is 0 Å². The lowest BCUT2D eigenvalue weighted by molar-refractivity contribution is 0.686. The molecule has 92 valence electrons. The van der Waals surface area contributed by atoms with E-state index >= 15 is 0 Å². The van der Waals surface area contributed by atoms with Crippen LogP contribution in [0.3, 0.4) is 0 Å². The fourth-order valence-corrected chi connectivity index (χ4v) is 2.11. The third kappa shape index (κ3) is 3.19. The summed E-state index contributed by atoms with van der Waals surface area (Å²) in [7, 11) is 2.15. The SMILES string of the molecule is CN(CC1CC1)c1cc(CNC2CC2)ccn1. The maximum absolute atomic E-state index is 4.46. The Morgan fingerprint density at radius 3 is 2.88 bits per heavy atom. The van der Waals surface area contributed by atoms with Crippen LogP contribution in [0.1, 0.15) is 31.2 Å². The van der Waals surface area contributed by atoms with Gasteiger partial charge in [-0.2, -0.15) is 0 Å². The van der Waals surface area contributed by atoms with Crippen LogP contribution in [0.4, 0.5) is 5.82 Å². The van der Waals surface area contributed by atoms with E-state index in [2.05, 4.69) is 34.4 Å². The molecule has 0 bridgehead atoms. The second kappa shape index (κ2) is 4.65.